The quantitative estimate of drug-likeness (QED) is 0.610. The summed E-state index contributed by atoms with van der Waals surface area (Å²) in [7, 11) is 0. The summed E-state index contributed by atoms with van der Waals surface area (Å²) in [5.74, 6) is -0.145. The van der Waals surface area contributed by atoms with Crippen molar-refractivity contribution in [1.29, 1.82) is 5.26 Å². The third-order valence-electron chi connectivity index (χ3n) is 2.00. The number of hydrogen-bond donors (Lipinski definition) is 2. The average Bonchev–Trinajstić information content (AvgIpc) is 2.12. The van der Waals surface area contributed by atoms with E-state index in [-0.39, 0.29) is 5.91 Å². The van der Waals surface area contributed by atoms with Gasteiger partial charge in [-0.25, -0.2) is 0 Å². The molecule has 0 aliphatic heterocycles. The van der Waals surface area contributed by atoms with Crippen LogP contribution in [-0.4, -0.2) is 18.0 Å². The molecule has 4 nitrogen and oxygen atoms in total. The summed E-state index contributed by atoms with van der Waals surface area (Å²) in [5.41, 5.74) is 4.91. The van der Waals surface area contributed by atoms with Gasteiger partial charge in [0, 0.05) is 13.0 Å². The molecule has 0 aliphatic carbocycles. The lowest BCUT2D eigenvalue weighted by atomic mass is 9.99. The lowest BCUT2D eigenvalue weighted by Crippen LogP contribution is -2.51. The first-order valence-corrected chi connectivity index (χ1v) is 4.48. The third kappa shape index (κ3) is 4.48. The molecule has 0 aliphatic rings. The van der Waals surface area contributed by atoms with Crippen molar-refractivity contribution in [2.75, 3.05) is 6.54 Å². The van der Waals surface area contributed by atoms with Gasteiger partial charge in [0.15, 0.2) is 0 Å². The van der Waals surface area contributed by atoms with Gasteiger partial charge in [0.1, 0.15) is 0 Å². The van der Waals surface area contributed by atoms with Crippen LogP contribution in [0, 0.1) is 11.3 Å². The van der Waals surface area contributed by atoms with Crippen molar-refractivity contribution in [3.05, 3.63) is 0 Å². The molecule has 0 aromatic rings. The molecule has 0 spiro atoms. The predicted octanol–water partition coefficient (Wildman–Crippen LogP) is 0.534. The summed E-state index contributed by atoms with van der Waals surface area (Å²) in [6.07, 6.45) is 1.76. The molecular weight excluding hydrogens is 166 g/mol. The van der Waals surface area contributed by atoms with Crippen LogP contribution >= 0.6 is 0 Å². The fourth-order valence-electron chi connectivity index (χ4n) is 0.732. The van der Waals surface area contributed by atoms with Gasteiger partial charge in [0.05, 0.1) is 11.6 Å². The Morgan fingerprint density at radius 1 is 1.69 bits per heavy atom. The lowest BCUT2D eigenvalue weighted by molar-refractivity contribution is -0.125. The second kappa shape index (κ2) is 5.55. The number of amides is 1. The van der Waals surface area contributed by atoms with E-state index in [2.05, 4.69) is 5.32 Å². The predicted molar refractivity (Wildman–Crippen MR) is 50.7 cm³/mol. The van der Waals surface area contributed by atoms with Crippen LogP contribution in [0.15, 0.2) is 0 Å². The van der Waals surface area contributed by atoms with Crippen LogP contribution < -0.4 is 11.1 Å². The fourth-order valence-corrected chi connectivity index (χ4v) is 0.732. The number of nitriles is 1. The van der Waals surface area contributed by atoms with E-state index in [4.69, 9.17) is 11.0 Å². The standard InChI is InChI=1S/C9H17N3O/c1-3-9(2,11)8(13)12-7-5-4-6-10/h3-5,7,11H2,1-2H3,(H,12,13). The molecule has 0 heterocycles. The Labute approximate surface area is 79.1 Å². The molecule has 1 atom stereocenters. The highest BCUT2D eigenvalue weighted by Gasteiger charge is 2.24. The van der Waals surface area contributed by atoms with Crippen molar-refractivity contribution in [1.82, 2.24) is 5.32 Å². The highest BCUT2D eigenvalue weighted by atomic mass is 16.2. The van der Waals surface area contributed by atoms with Gasteiger partial charge in [0.25, 0.3) is 0 Å². The third-order valence-corrected chi connectivity index (χ3v) is 2.00. The van der Waals surface area contributed by atoms with E-state index >= 15 is 0 Å². The number of carbonyl (C=O) groups is 1. The molecule has 3 N–H and O–H groups in total. The number of nitrogens with one attached hydrogen (secondary N) is 1. The minimum Gasteiger partial charge on any atom is -0.354 e. The Morgan fingerprint density at radius 2 is 2.31 bits per heavy atom. The van der Waals surface area contributed by atoms with E-state index in [9.17, 15) is 4.79 Å². The van der Waals surface area contributed by atoms with E-state index < -0.39 is 5.54 Å². The number of carbonyl (C=O) groups excluding carboxylic acids is 1. The minimum atomic E-state index is -0.785. The van der Waals surface area contributed by atoms with Crippen molar-refractivity contribution < 1.29 is 4.79 Å². The van der Waals surface area contributed by atoms with Crippen molar-refractivity contribution in [2.24, 2.45) is 5.73 Å². The summed E-state index contributed by atoms with van der Waals surface area (Å²) in [4.78, 5) is 11.3. The Kier molecular flexibility index (Phi) is 5.09. The van der Waals surface area contributed by atoms with Crippen LogP contribution in [0.5, 0.6) is 0 Å². The van der Waals surface area contributed by atoms with Crippen molar-refractivity contribution in [3.8, 4) is 6.07 Å². The van der Waals surface area contributed by atoms with Gasteiger partial charge in [-0.3, -0.25) is 4.79 Å². The Balaban J connectivity index is 3.70. The normalized spacial score (nSPS) is 14.3. The van der Waals surface area contributed by atoms with Crippen molar-refractivity contribution in [2.45, 2.75) is 38.6 Å². The second-order valence-electron chi connectivity index (χ2n) is 3.29. The number of rotatable bonds is 5. The first-order chi connectivity index (χ1) is 6.04. The summed E-state index contributed by atoms with van der Waals surface area (Å²) >= 11 is 0. The Bertz CT molecular complexity index is 205. The molecule has 0 aromatic carbocycles. The van der Waals surface area contributed by atoms with E-state index in [1.165, 1.54) is 0 Å². The maximum atomic E-state index is 11.3. The molecule has 0 aromatic heterocycles. The van der Waals surface area contributed by atoms with Crippen molar-refractivity contribution >= 4 is 5.91 Å². The second-order valence-corrected chi connectivity index (χ2v) is 3.29. The molecule has 13 heavy (non-hydrogen) atoms. The lowest BCUT2D eigenvalue weighted by Gasteiger charge is -2.21. The maximum absolute atomic E-state index is 11.3. The van der Waals surface area contributed by atoms with Crippen LogP contribution in [0.2, 0.25) is 0 Å². The van der Waals surface area contributed by atoms with Gasteiger partial charge in [0.2, 0.25) is 5.91 Å². The van der Waals surface area contributed by atoms with E-state index in [0.29, 0.717) is 25.8 Å². The van der Waals surface area contributed by atoms with Gasteiger partial charge in [-0.1, -0.05) is 6.92 Å². The fraction of sp³-hybridized carbons (Fsp3) is 0.778. The number of nitrogens with zero attached hydrogens (tertiary/aromatic N) is 1. The zero-order valence-electron chi connectivity index (χ0n) is 8.26. The van der Waals surface area contributed by atoms with Crippen LogP contribution in [0.1, 0.15) is 33.1 Å². The summed E-state index contributed by atoms with van der Waals surface area (Å²) < 4.78 is 0. The van der Waals surface area contributed by atoms with Crippen LogP contribution in [-0.2, 0) is 4.79 Å². The van der Waals surface area contributed by atoms with Gasteiger partial charge in [-0.15, -0.1) is 0 Å². The zero-order chi connectivity index (χ0) is 10.3. The summed E-state index contributed by atoms with van der Waals surface area (Å²) in [6, 6.07) is 2.01. The minimum absolute atomic E-state index is 0.145. The highest BCUT2D eigenvalue weighted by Crippen LogP contribution is 2.03. The maximum Gasteiger partial charge on any atom is 0.239 e. The summed E-state index contributed by atoms with van der Waals surface area (Å²) in [6.45, 7) is 4.10. The molecule has 0 fully saturated rings. The average molecular weight is 183 g/mol. The molecule has 0 saturated carbocycles. The molecule has 1 unspecified atom stereocenters. The van der Waals surface area contributed by atoms with Gasteiger partial charge in [-0.05, 0) is 19.8 Å². The highest BCUT2D eigenvalue weighted by molar-refractivity contribution is 5.85. The molecular formula is C9H17N3O. The molecule has 0 bridgehead atoms. The molecule has 4 heteroatoms. The largest absolute Gasteiger partial charge is 0.354 e. The molecule has 0 radical (unpaired) electrons. The molecule has 0 rings (SSSR count). The zero-order valence-corrected chi connectivity index (χ0v) is 8.26. The SMILES string of the molecule is CCC(C)(N)C(=O)NCCCC#N. The first-order valence-electron chi connectivity index (χ1n) is 4.48. The number of nitrogens with two attached hydrogens (primary N) is 1. The van der Waals surface area contributed by atoms with Gasteiger partial charge >= 0.3 is 0 Å². The smallest absolute Gasteiger partial charge is 0.239 e. The molecule has 1 amide bonds. The molecule has 0 saturated heterocycles. The van der Waals surface area contributed by atoms with E-state index in [0.717, 1.165) is 0 Å². The van der Waals surface area contributed by atoms with Crippen molar-refractivity contribution in [3.63, 3.8) is 0 Å². The topological polar surface area (TPSA) is 78.9 Å². The van der Waals surface area contributed by atoms with Crippen LogP contribution in [0.25, 0.3) is 0 Å². The van der Waals surface area contributed by atoms with E-state index in [1.807, 2.05) is 13.0 Å². The van der Waals surface area contributed by atoms with Gasteiger partial charge in [-0.2, -0.15) is 5.26 Å². The van der Waals surface area contributed by atoms with E-state index in [1.54, 1.807) is 6.92 Å². The number of hydrogen-bond acceptors (Lipinski definition) is 3. The molecule has 74 valence electrons. The Hall–Kier alpha value is -1.08. The van der Waals surface area contributed by atoms with Crippen LogP contribution in [0.3, 0.4) is 0 Å². The summed E-state index contributed by atoms with van der Waals surface area (Å²) in [5, 5.41) is 10.9. The number of unbranched alkanes of at least 4 members (excludes halogenated alkanes) is 1. The monoisotopic (exact) mass is 183 g/mol. The Morgan fingerprint density at radius 3 is 2.77 bits per heavy atom. The van der Waals surface area contributed by atoms with Gasteiger partial charge < -0.3 is 11.1 Å². The van der Waals surface area contributed by atoms with Crippen LogP contribution in [0.4, 0.5) is 0 Å². The first kappa shape index (κ1) is 11.9.